The predicted molar refractivity (Wildman–Crippen MR) is 277 cm³/mol. The molecule has 0 atom stereocenters. The Hall–Kier alpha value is -7.82. The lowest BCUT2D eigenvalue weighted by molar-refractivity contribution is 0.590. The Balaban J connectivity index is 1.17. The first kappa shape index (κ1) is 37.7. The maximum absolute atomic E-state index is 7.32. The van der Waals surface area contributed by atoms with Crippen LogP contribution in [0.1, 0.15) is 31.9 Å². The Morgan fingerprint density at radius 2 is 1.05 bits per heavy atom. The highest BCUT2D eigenvalue weighted by Crippen LogP contribution is 2.51. The number of anilines is 5. The molecule has 65 heavy (non-hydrogen) atoms. The molecular weight excluding hydrogens is 787 g/mol. The van der Waals surface area contributed by atoms with Crippen LogP contribution in [0.5, 0.6) is 0 Å². The van der Waals surface area contributed by atoms with Gasteiger partial charge < -0.3 is 14.1 Å². The molecule has 0 unspecified atom stereocenters. The van der Waals surface area contributed by atoms with Crippen LogP contribution in [0.3, 0.4) is 0 Å². The summed E-state index contributed by atoms with van der Waals surface area (Å²) in [6, 6.07) is 74.2. The van der Waals surface area contributed by atoms with Gasteiger partial charge >= 0.3 is 6.85 Å². The second kappa shape index (κ2) is 14.1. The van der Waals surface area contributed by atoms with Crippen molar-refractivity contribution < 1.29 is 4.42 Å². The molecule has 0 amide bonds. The van der Waals surface area contributed by atoms with Crippen LogP contribution in [0, 0.1) is 6.92 Å². The molecule has 1 aromatic heterocycles. The van der Waals surface area contributed by atoms with Crippen molar-refractivity contribution in [3.63, 3.8) is 0 Å². The Morgan fingerprint density at radius 3 is 1.75 bits per heavy atom. The fourth-order valence-electron chi connectivity index (χ4n) is 10.8. The molecule has 0 fully saturated rings. The first-order valence-corrected chi connectivity index (χ1v) is 22.8. The minimum Gasteiger partial charge on any atom is -0.456 e. The summed E-state index contributed by atoms with van der Waals surface area (Å²) in [4.78, 5) is 5.16. The molecule has 0 radical (unpaired) electrons. The van der Waals surface area contributed by atoms with Crippen LogP contribution in [0.4, 0.5) is 28.4 Å². The molecule has 0 spiro atoms. The lowest BCUT2D eigenvalue weighted by Crippen LogP contribution is -2.61. The van der Waals surface area contributed by atoms with E-state index in [0.29, 0.717) is 0 Å². The Kier molecular flexibility index (Phi) is 8.18. The molecule has 0 bridgehead atoms. The molecule has 3 nitrogen and oxygen atoms in total. The summed E-state index contributed by atoms with van der Waals surface area (Å²) in [7, 11) is 0. The van der Waals surface area contributed by atoms with Gasteiger partial charge in [-0.1, -0.05) is 154 Å². The number of furan rings is 1. The third-order valence-electron chi connectivity index (χ3n) is 14.0. The van der Waals surface area contributed by atoms with Gasteiger partial charge in [-0.25, -0.2) is 0 Å². The van der Waals surface area contributed by atoms with Crippen LogP contribution in [0.15, 0.2) is 205 Å². The van der Waals surface area contributed by atoms with E-state index in [4.69, 9.17) is 4.42 Å². The molecule has 10 aromatic carbocycles. The molecule has 2 aliphatic heterocycles. The van der Waals surface area contributed by atoms with E-state index in [1.807, 2.05) is 0 Å². The zero-order chi connectivity index (χ0) is 43.6. The second-order valence-electron chi connectivity index (χ2n) is 19.0. The highest BCUT2D eigenvalue weighted by molar-refractivity contribution is 6.95. The number of fused-ring (bicyclic) bond motifs is 10. The first-order chi connectivity index (χ1) is 31.8. The number of hydrogen-bond donors (Lipinski definition) is 0. The lowest BCUT2D eigenvalue weighted by atomic mass is 9.43. The lowest BCUT2D eigenvalue weighted by Gasteiger charge is -2.46. The monoisotopic (exact) mass is 832 g/mol. The quantitative estimate of drug-likeness (QED) is 0.165. The van der Waals surface area contributed by atoms with Crippen LogP contribution in [-0.2, 0) is 5.41 Å². The van der Waals surface area contributed by atoms with Gasteiger partial charge in [0.1, 0.15) is 11.2 Å². The van der Waals surface area contributed by atoms with E-state index < -0.39 is 0 Å². The normalized spacial score (nSPS) is 13.1. The van der Waals surface area contributed by atoms with Gasteiger partial charge in [-0.05, 0) is 139 Å². The van der Waals surface area contributed by atoms with Gasteiger partial charge in [-0.3, -0.25) is 0 Å². The van der Waals surface area contributed by atoms with Crippen molar-refractivity contribution in [2.45, 2.75) is 33.1 Å². The number of benzene rings is 10. The fraction of sp³-hybridized carbons (Fsp3) is 0.0820. The summed E-state index contributed by atoms with van der Waals surface area (Å²) in [6.45, 7) is 8.94. The molecule has 13 rings (SSSR count). The van der Waals surface area contributed by atoms with Gasteiger partial charge in [-0.15, -0.1) is 0 Å². The zero-order valence-electron chi connectivity index (χ0n) is 36.9. The van der Waals surface area contributed by atoms with Gasteiger partial charge in [0, 0.05) is 50.1 Å². The van der Waals surface area contributed by atoms with Crippen molar-refractivity contribution in [3.05, 3.63) is 211 Å². The van der Waals surface area contributed by atoms with Crippen molar-refractivity contribution in [1.82, 2.24) is 0 Å². The molecule has 0 saturated carbocycles. The summed E-state index contributed by atoms with van der Waals surface area (Å²) in [6.07, 6.45) is 0. The number of nitrogens with zero attached hydrogens (tertiary/aromatic N) is 2. The van der Waals surface area contributed by atoms with Crippen LogP contribution >= 0.6 is 0 Å². The van der Waals surface area contributed by atoms with Crippen molar-refractivity contribution in [1.29, 1.82) is 0 Å². The zero-order valence-corrected chi connectivity index (χ0v) is 36.9. The third kappa shape index (κ3) is 5.83. The van der Waals surface area contributed by atoms with Gasteiger partial charge in [0.15, 0.2) is 0 Å². The molecule has 2 aliphatic rings. The van der Waals surface area contributed by atoms with E-state index >= 15 is 0 Å². The van der Waals surface area contributed by atoms with Gasteiger partial charge in [0.2, 0.25) is 0 Å². The fourth-order valence-corrected chi connectivity index (χ4v) is 10.8. The van der Waals surface area contributed by atoms with E-state index in [1.165, 1.54) is 82.9 Å². The topological polar surface area (TPSA) is 19.6 Å². The van der Waals surface area contributed by atoms with E-state index in [-0.39, 0.29) is 12.3 Å². The molecule has 0 saturated heterocycles. The SMILES string of the molecule is Cc1cc2c3c(c1)N(c1ccc(C(C)(C)C)cc1-c1ccccc1)c1ccc4c(oc5cc6ccccc6cc54)c1B3N(c1ccc(-c3ccccc3)cc1)c1cc3ccccc3cc1-2. The molecule has 4 heteroatoms. The summed E-state index contributed by atoms with van der Waals surface area (Å²) >= 11 is 0. The maximum Gasteiger partial charge on any atom is 0.336 e. The predicted octanol–water partition coefficient (Wildman–Crippen LogP) is 15.5. The molecule has 0 aliphatic carbocycles. The van der Waals surface area contributed by atoms with Crippen LogP contribution in [0.2, 0.25) is 0 Å². The minimum atomic E-state index is -0.226. The number of hydrogen-bond acceptors (Lipinski definition) is 3. The minimum absolute atomic E-state index is 0.0392. The molecule has 11 aromatic rings. The van der Waals surface area contributed by atoms with Crippen LogP contribution in [-0.4, -0.2) is 6.85 Å². The van der Waals surface area contributed by atoms with E-state index in [0.717, 1.165) is 44.5 Å². The number of aryl methyl sites for hydroxylation is 1. The van der Waals surface area contributed by atoms with Crippen LogP contribution in [0.25, 0.3) is 76.9 Å². The van der Waals surface area contributed by atoms with E-state index in [1.54, 1.807) is 0 Å². The second-order valence-corrected chi connectivity index (χ2v) is 19.0. The first-order valence-electron chi connectivity index (χ1n) is 22.8. The molecule has 0 N–H and O–H groups in total. The van der Waals surface area contributed by atoms with E-state index in [9.17, 15) is 0 Å². The summed E-state index contributed by atoms with van der Waals surface area (Å²) in [5, 5.41) is 7.06. The summed E-state index contributed by atoms with van der Waals surface area (Å²) in [5.41, 5.74) is 19.7. The average Bonchev–Trinajstić information content (AvgIpc) is 3.70. The maximum atomic E-state index is 7.32. The molecule has 3 heterocycles. The molecular formula is C61H45BN2O. The van der Waals surface area contributed by atoms with Crippen molar-refractivity contribution in [2.75, 3.05) is 9.71 Å². The Bertz CT molecular complexity index is 3720. The third-order valence-corrected chi connectivity index (χ3v) is 14.0. The smallest absolute Gasteiger partial charge is 0.336 e. The number of rotatable bonds is 4. The Morgan fingerprint density at radius 1 is 0.431 bits per heavy atom. The van der Waals surface area contributed by atoms with Gasteiger partial charge in [-0.2, -0.15) is 0 Å². The van der Waals surface area contributed by atoms with Crippen molar-refractivity contribution >= 4 is 89.7 Å². The largest absolute Gasteiger partial charge is 0.456 e. The van der Waals surface area contributed by atoms with E-state index in [2.05, 4.69) is 238 Å². The standard InChI is InChI=1S/C61H45BN2O/c1-38-31-52-50-33-42-19-11-13-21-44(42)35-55(50)64(47-26-23-40(24-27-47)39-15-7-5-8-16-39)62-58(52)56(32-38)63(53-29-25-46(61(2,3)4)37-49(53)41-17-9-6-10-18-41)54-30-28-48-51-34-43-20-12-14-22-45(43)36-57(51)65-60(48)59(54)62/h5-37H,1-4H3. The van der Waals surface area contributed by atoms with Crippen LogP contribution < -0.4 is 20.6 Å². The summed E-state index contributed by atoms with van der Waals surface area (Å²) in [5.74, 6) is 0. The highest BCUT2D eigenvalue weighted by atomic mass is 16.3. The van der Waals surface area contributed by atoms with Gasteiger partial charge in [0.25, 0.3) is 0 Å². The Labute approximate surface area is 379 Å². The van der Waals surface area contributed by atoms with Crippen molar-refractivity contribution in [2.24, 2.45) is 0 Å². The molecule has 308 valence electrons. The van der Waals surface area contributed by atoms with Crippen molar-refractivity contribution in [3.8, 4) is 33.4 Å². The highest BCUT2D eigenvalue weighted by Gasteiger charge is 2.47. The van der Waals surface area contributed by atoms with Gasteiger partial charge in [0.05, 0.1) is 5.69 Å². The summed E-state index contributed by atoms with van der Waals surface area (Å²) < 4.78 is 7.32. The average molecular weight is 833 g/mol.